The van der Waals surface area contributed by atoms with Crippen LogP contribution in [0.2, 0.25) is 0 Å². The number of piperazine rings is 1. The molecule has 1 N–H and O–H groups in total. The number of rotatable bonds is 3. The first-order valence-corrected chi connectivity index (χ1v) is 6.25. The fourth-order valence-electron chi connectivity index (χ4n) is 1.89. The Kier molecular flexibility index (Phi) is 3.58. The average Bonchev–Trinajstić information content (AvgIpc) is 2.69. The normalized spacial score (nSPS) is 18.8. The molecule has 1 fully saturated rings. The van der Waals surface area contributed by atoms with Gasteiger partial charge in [0.05, 0.1) is 0 Å². The molecule has 0 radical (unpaired) electrons. The van der Waals surface area contributed by atoms with E-state index in [-0.39, 0.29) is 0 Å². The Hall–Kier alpha value is -0.910. The summed E-state index contributed by atoms with van der Waals surface area (Å²) < 4.78 is 0. The van der Waals surface area contributed by atoms with Crippen LogP contribution in [0.1, 0.15) is 15.2 Å². The van der Waals surface area contributed by atoms with Crippen LogP contribution in [0.4, 0.5) is 0 Å². The van der Waals surface area contributed by atoms with Crippen LogP contribution >= 0.6 is 11.3 Å². The SMILES string of the molecule is CN1CCN(Cc2ccsc2C(=O)O)CC1. The molecule has 1 aliphatic rings. The van der Waals surface area contributed by atoms with Crippen molar-refractivity contribution in [2.24, 2.45) is 0 Å². The lowest BCUT2D eigenvalue weighted by Gasteiger charge is -2.32. The average molecular weight is 240 g/mol. The zero-order chi connectivity index (χ0) is 11.5. The van der Waals surface area contributed by atoms with Crippen LogP contribution in [0.15, 0.2) is 11.4 Å². The molecule has 1 aromatic heterocycles. The molecule has 0 bridgehead atoms. The molecule has 0 spiro atoms. The van der Waals surface area contributed by atoms with Crippen molar-refractivity contribution < 1.29 is 9.90 Å². The van der Waals surface area contributed by atoms with Crippen molar-refractivity contribution in [1.29, 1.82) is 0 Å². The van der Waals surface area contributed by atoms with Crippen molar-refractivity contribution >= 4 is 17.3 Å². The third-order valence-electron chi connectivity index (χ3n) is 2.93. The minimum Gasteiger partial charge on any atom is -0.477 e. The van der Waals surface area contributed by atoms with Crippen molar-refractivity contribution in [3.8, 4) is 0 Å². The molecule has 88 valence electrons. The predicted octanol–water partition coefficient (Wildman–Crippen LogP) is 1.19. The molecule has 1 aliphatic heterocycles. The van der Waals surface area contributed by atoms with Crippen LogP contribution in [-0.4, -0.2) is 54.1 Å². The smallest absolute Gasteiger partial charge is 0.346 e. The molecule has 1 aromatic rings. The van der Waals surface area contributed by atoms with Crippen LogP contribution < -0.4 is 0 Å². The fourth-order valence-corrected chi connectivity index (χ4v) is 2.65. The van der Waals surface area contributed by atoms with Crippen molar-refractivity contribution in [2.45, 2.75) is 6.54 Å². The first kappa shape index (κ1) is 11.6. The second-order valence-corrected chi connectivity index (χ2v) is 5.08. The van der Waals surface area contributed by atoms with E-state index in [1.807, 2.05) is 11.4 Å². The van der Waals surface area contributed by atoms with Gasteiger partial charge < -0.3 is 10.0 Å². The van der Waals surface area contributed by atoms with Gasteiger partial charge in [-0.1, -0.05) is 0 Å². The van der Waals surface area contributed by atoms with E-state index in [4.69, 9.17) is 5.11 Å². The summed E-state index contributed by atoms with van der Waals surface area (Å²) in [6.07, 6.45) is 0. The highest BCUT2D eigenvalue weighted by Gasteiger charge is 2.17. The number of carbonyl (C=O) groups is 1. The van der Waals surface area contributed by atoms with Gasteiger partial charge in [0, 0.05) is 32.7 Å². The van der Waals surface area contributed by atoms with Gasteiger partial charge in [-0.3, -0.25) is 4.90 Å². The maximum Gasteiger partial charge on any atom is 0.346 e. The minimum atomic E-state index is -0.806. The Balaban J connectivity index is 1.98. The molecule has 2 rings (SSSR count). The topological polar surface area (TPSA) is 43.8 Å². The number of likely N-dealkylation sites (N-methyl/N-ethyl adjacent to an activating group) is 1. The van der Waals surface area contributed by atoms with Crippen LogP contribution in [0, 0.1) is 0 Å². The summed E-state index contributed by atoms with van der Waals surface area (Å²) >= 11 is 1.31. The Morgan fingerprint density at radius 3 is 2.75 bits per heavy atom. The molecular formula is C11H16N2O2S. The van der Waals surface area contributed by atoms with Crippen molar-refractivity contribution in [3.63, 3.8) is 0 Å². The van der Waals surface area contributed by atoms with E-state index in [1.165, 1.54) is 11.3 Å². The quantitative estimate of drug-likeness (QED) is 0.862. The summed E-state index contributed by atoms with van der Waals surface area (Å²) in [4.78, 5) is 16.1. The zero-order valence-corrected chi connectivity index (χ0v) is 10.2. The molecule has 0 atom stereocenters. The molecule has 4 nitrogen and oxygen atoms in total. The highest BCUT2D eigenvalue weighted by molar-refractivity contribution is 7.12. The first-order chi connectivity index (χ1) is 7.66. The molecule has 0 unspecified atom stereocenters. The van der Waals surface area contributed by atoms with E-state index < -0.39 is 5.97 Å². The van der Waals surface area contributed by atoms with Gasteiger partial charge in [0.2, 0.25) is 0 Å². The predicted molar refractivity (Wildman–Crippen MR) is 64.1 cm³/mol. The Morgan fingerprint density at radius 2 is 2.12 bits per heavy atom. The highest BCUT2D eigenvalue weighted by Crippen LogP contribution is 2.19. The van der Waals surface area contributed by atoms with Gasteiger partial charge in [-0.25, -0.2) is 4.79 Å². The molecule has 16 heavy (non-hydrogen) atoms. The largest absolute Gasteiger partial charge is 0.477 e. The summed E-state index contributed by atoms with van der Waals surface area (Å²) in [5, 5.41) is 10.9. The Bertz CT molecular complexity index is 370. The first-order valence-electron chi connectivity index (χ1n) is 5.37. The van der Waals surface area contributed by atoms with Gasteiger partial charge in [-0.05, 0) is 24.1 Å². The zero-order valence-electron chi connectivity index (χ0n) is 9.35. The Labute approximate surface area is 99.1 Å². The van der Waals surface area contributed by atoms with E-state index in [1.54, 1.807) is 0 Å². The molecule has 1 saturated heterocycles. The van der Waals surface area contributed by atoms with Gasteiger partial charge in [0.1, 0.15) is 4.88 Å². The van der Waals surface area contributed by atoms with E-state index in [0.29, 0.717) is 4.88 Å². The van der Waals surface area contributed by atoms with Crippen LogP contribution in [0.5, 0.6) is 0 Å². The van der Waals surface area contributed by atoms with Crippen molar-refractivity contribution in [3.05, 3.63) is 21.9 Å². The highest BCUT2D eigenvalue weighted by atomic mass is 32.1. The lowest BCUT2D eigenvalue weighted by Crippen LogP contribution is -2.43. The third kappa shape index (κ3) is 2.61. The summed E-state index contributed by atoms with van der Waals surface area (Å²) in [5.74, 6) is -0.806. The summed E-state index contributed by atoms with van der Waals surface area (Å²) in [5.41, 5.74) is 0.946. The number of carboxylic acid groups (broad SMARTS) is 1. The summed E-state index contributed by atoms with van der Waals surface area (Å²) in [6, 6.07) is 1.92. The Morgan fingerprint density at radius 1 is 1.44 bits per heavy atom. The maximum atomic E-state index is 11.0. The van der Waals surface area contributed by atoms with E-state index in [9.17, 15) is 4.79 Å². The van der Waals surface area contributed by atoms with Gasteiger partial charge in [0.15, 0.2) is 0 Å². The van der Waals surface area contributed by atoms with Gasteiger partial charge >= 0.3 is 5.97 Å². The van der Waals surface area contributed by atoms with Crippen LogP contribution in [-0.2, 0) is 6.54 Å². The monoisotopic (exact) mass is 240 g/mol. The minimum absolute atomic E-state index is 0.485. The number of nitrogens with zero attached hydrogens (tertiary/aromatic N) is 2. The molecule has 5 heteroatoms. The van der Waals surface area contributed by atoms with E-state index in [2.05, 4.69) is 16.8 Å². The molecule has 0 amide bonds. The van der Waals surface area contributed by atoms with Crippen molar-refractivity contribution in [2.75, 3.05) is 33.2 Å². The van der Waals surface area contributed by atoms with Crippen LogP contribution in [0.3, 0.4) is 0 Å². The summed E-state index contributed by atoms with van der Waals surface area (Å²) in [7, 11) is 2.12. The standard InChI is InChI=1S/C11H16N2O2S/c1-12-3-5-13(6-4-12)8-9-2-7-16-10(9)11(14)15/h2,7H,3-6,8H2,1H3,(H,14,15). The molecule has 0 aromatic carbocycles. The fraction of sp³-hybridized carbons (Fsp3) is 0.545. The van der Waals surface area contributed by atoms with E-state index >= 15 is 0 Å². The molecule has 0 saturated carbocycles. The lowest BCUT2D eigenvalue weighted by molar-refractivity contribution is 0.0699. The number of hydrogen-bond donors (Lipinski definition) is 1. The second kappa shape index (κ2) is 4.95. The molecule has 2 heterocycles. The van der Waals surface area contributed by atoms with Gasteiger partial charge in [-0.2, -0.15) is 0 Å². The number of carboxylic acids is 1. The second-order valence-electron chi connectivity index (χ2n) is 4.16. The lowest BCUT2D eigenvalue weighted by atomic mass is 10.2. The van der Waals surface area contributed by atoms with Crippen LogP contribution in [0.25, 0.3) is 0 Å². The molecular weight excluding hydrogens is 224 g/mol. The van der Waals surface area contributed by atoms with E-state index in [0.717, 1.165) is 38.3 Å². The third-order valence-corrected chi connectivity index (χ3v) is 3.88. The maximum absolute atomic E-state index is 11.0. The van der Waals surface area contributed by atoms with Crippen molar-refractivity contribution in [1.82, 2.24) is 9.80 Å². The number of thiophene rings is 1. The number of hydrogen-bond acceptors (Lipinski definition) is 4. The molecule has 0 aliphatic carbocycles. The van der Waals surface area contributed by atoms with Gasteiger partial charge in [0.25, 0.3) is 0 Å². The number of aromatic carboxylic acids is 1. The summed E-state index contributed by atoms with van der Waals surface area (Å²) in [6.45, 7) is 4.93. The van der Waals surface area contributed by atoms with Gasteiger partial charge in [-0.15, -0.1) is 11.3 Å².